The zero-order chi connectivity index (χ0) is 11.4. The van der Waals surface area contributed by atoms with Gasteiger partial charge in [-0.1, -0.05) is 12.1 Å². The van der Waals surface area contributed by atoms with Gasteiger partial charge in [-0.2, -0.15) is 0 Å². The van der Waals surface area contributed by atoms with Gasteiger partial charge in [0.15, 0.2) is 0 Å². The molecule has 4 heteroatoms. The van der Waals surface area contributed by atoms with Gasteiger partial charge in [0.25, 0.3) is 0 Å². The SMILES string of the molecule is Nc1cc(CNc2ccccc2O)ccn1. The molecule has 0 amide bonds. The summed E-state index contributed by atoms with van der Waals surface area (Å²) in [6, 6.07) is 10.8. The molecule has 0 aliphatic carbocycles. The minimum Gasteiger partial charge on any atom is -0.506 e. The number of nitrogen functional groups attached to an aromatic ring is 1. The molecule has 4 N–H and O–H groups in total. The number of phenols is 1. The van der Waals surface area contributed by atoms with Crippen LogP contribution in [0.1, 0.15) is 5.56 Å². The van der Waals surface area contributed by atoms with E-state index in [-0.39, 0.29) is 5.75 Å². The normalized spacial score (nSPS) is 10.0. The van der Waals surface area contributed by atoms with E-state index < -0.39 is 0 Å². The maximum Gasteiger partial charge on any atom is 0.138 e. The molecule has 82 valence electrons. The standard InChI is InChI=1S/C12H13N3O/c13-12-7-9(5-6-14-12)8-15-10-3-1-2-4-11(10)16/h1-7,15-16H,8H2,(H2,13,14). The predicted octanol–water partition coefficient (Wildman–Crippen LogP) is 1.98. The molecule has 2 rings (SSSR count). The average molecular weight is 215 g/mol. The number of phenolic OH excluding ortho intramolecular Hbond substituents is 1. The van der Waals surface area contributed by atoms with Crippen molar-refractivity contribution in [2.24, 2.45) is 0 Å². The molecule has 16 heavy (non-hydrogen) atoms. The van der Waals surface area contributed by atoms with Crippen LogP contribution in [0, 0.1) is 0 Å². The van der Waals surface area contributed by atoms with Gasteiger partial charge in [-0.25, -0.2) is 4.98 Å². The lowest BCUT2D eigenvalue weighted by Crippen LogP contribution is -2.01. The highest BCUT2D eigenvalue weighted by Crippen LogP contribution is 2.22. The summed E-state index contributed by atoms with van der Waals surface area (Å²) in [5.74, 6) is 0.737. The van der Waals surface area contributed by atoms with Crippen LogP contribution in [0.3, 0.4) is 0 Å². The van der Waals surface area contributed by atoms with Crippen LogP contribution < -0.4 is 11.1 Å². The number of hydrogen-bond donors (Lipinski definition) is 3. The van der Waals surface area contributed by atoms with Crippen LogP contribution in [-0.2, 0) is 6.54 Å². The van der Waals surface area contributed by atoms with E-state index in [1.165, 1.54) is 0 Å². The summed E-state index contributed by atoms with van der Waals surface area (Å²) in [5.41, 5.74) is 7.30. The molecule has 1 heterocycles. The maximum absolute atomic E-state index is 9.54. The van der Waals surface area contributed by atoms with E-state index in [2.05, 4.69) is 10.3 Å². The van der Waals surface area contributed by atoms with E-state index in [1.807, 2.05) is 18.2 Å². The number of anilines is 2. The predicted molar refractivity (Wildman–Crippen MR) is 64.1 cm³/mol. The van der Waals surface area contributed by atoms with Crippen molar-refractivity contribution in [3.63, 3.8) is 0 Å². The number of benzene rings is 1. The lowest BCUT2D eigenvalue weighted by atomic mass is 10.2. The minimum absolute atomic E-state index is 0.240. The highest BCUT2D eigenvalue weighted by Gasteiger charge is 1.99. The number of nitrogens with two attached hydrogens (primary N) is 1. The second-order valence-electron chi connectivity index (χ2n) is 3.46. The first-order valence-electron chi connectivity index (χ1n) is 4.98. The van der Waals surface area contributed by atoms with Crippen LogP contribution in [0.2, 0.25) is 0 Å². The summed E-state index contributed by atoms with van der Waals surface area (Å²) in [4.78, 5) is 3.91. The molecule has 0 aliphatic rings. The van der Waals surface area contributed by atoms with Gasteiger partial charge in [-0.05, 0) is 29.8 Å². The third-order valence-corrected chi connectivity index (χ3v) is 2.23. The Labute approximate surface area is 93.8 Å². The second kappa shape index (κ2) is 4.53. The van der Waals surface area contributed by atoms with E-state index in [9.17, 15) is 5.11 Å². The summed E-state index contributed by atoms with van der Waals surface area (Å²) < 4.78 is 0. The smallest absolute Gasteiger partial charge is 0.138 e. The molecule has 0 unspecified atom stereocenters. The van der Waals surface area contributed by atoms with Crippen LogP contribution in [0.15, 0.2) is 42.6 Å². The van der Waals surface area contributed by atoms with Crippen molar-refractivity contribution in [2.45, 2.75) is 6.54 Å². The zero-order valence-electron chi connectivity index (χ0n) is 8.72. The van der Waals surface area contributed by atoms with Crippen molar-refractivity contribution in [1.82, 2.24) is 4.98 Å². The lowest BCUT2D eigenvalue weighted by molar-refractivity contribution is 0.477. The van der Waals surface area contributed by atoms with E-state index >= 15 is 0 Å². The highest BCUT2D eigenvalue weighted by atomic mass is 16.3. The van der Waals surface area contributed by atoms with Crippen molar-refractivity contribution in [1.29, 1.82) is 0 Å². The fourth-order valence-electron chi connectivity index (χ4n) is 1.42. The van der Waals surface area contributed by atoms with E-state index in [0.29, 0.717) is 18.1 Å². The van der Waals surface area contributed by atoms with Gasteiger partial charge in [0.1, 0.15) is 11.6 Å². The summed E-state index contributed by atoms with van der Waals surface area (Å²) in [5, 5.41) is 12.7. The molecule has 0 radical (unpaired) electrons. The molecule has 1 aromatic heterocycles. The lowest BCUT2D eigenvalue weighted by Gasteiger charge is -2.08. The van der Waals surface area contributed by atoms with Gasteiger partial charge >= 0.3 is 0 Å². The Balaban J connectivity index is 2.05. The zero-order valence-corrected chi connectivity index (χ0v) is 8.72. The van der Waals surface area contributed by atoms with Crippen LogP contribution in [0.5, 0.6) is 5.75 Å². The van der Waals surface area contributed by atoms with Crippen molar-refractivity contribution >= 4 is 11.5 Å². The Hall–Kier alpha value is -2.23. The number of hydrogen-bond acceptors (Lipinski definition) is 4. The minimum atomic E-state index is 0.240. The maximum atomic E-state index is 9.54. The molecule has 0 atom stereocenters. The summed E-state index contributed by atoms with van der Waals surface area (Å²) >= 11 is 0. The Morgan fingerprint density at radius 3 is 2.81 bits per heavy atom. The number of aromatic nitrogens is 1. The molecule has 4 nitrogen and oxygen atoms in total. The first-order chi connectivity index (χ1) is 7.75. The molecule has 0 fully saturated rings. The number of rotatable bonds is 3. The Bertz CT molecular complexity index is 485. The third kappa shape index (κ3) is 2.42. The van der Waals surface area contributed by atoms with Crippen LogP contribution in [0.4, 0.5) is 11.5 Å². The van der Waals surface area contributed by atoms with Crippen LogP contribution in [0.25, 0.3) is 0 Å². The number of aromatic hydroxyl groups is 1. The Morgan fingerprint density at radius 2 is 2.06 bits per heavy atom. The fourth-order valence-corrected chi connectivity index (χ4v) is 1.42. The molecular formula is C12H13N3O. The van der Waals surface area contributed by atoms with Gasteiger partial charge in [-0.15, -0.1) is 0 Å². The van der Waals surface area contributed by atoms with Gasteiger partial charge in [0, 0.05) is 12.7 Å². The first kappa shape index (κ1) is 10.3. The van der Waals surface area contributed by atoms with E-state index in [0.717, 1.165) is 5.56 Å². The van der Waals surface area contributed by atoms with Crippen molar-refractivity contribution < 1.29 is 5.11 Å². The largest absolute Gasteiger partial charge is 0.506 e. The highest BCUT2D eigenvalue weighted by molar-refractivity contribution is 5.55. The topological polar surface area (TPSA) is 71.2 Å². The molecule has 0 aliphatic heterocycles. The number of nitrogens with one attached hydrogen (secondary N) is 1. The molecule has 2 aromatic rings. The summed E-state index contributed by atoms with van der Waals surface area (Å²) in [6.45, 7) is 0.601. The number of nitrogens with zero attached hydrogens (tertiary/aromatic N) is 1. The monoisotopic (exact) mass is 215 g/mol. The van der Waals surface area contributed by atoms with Gasteiger partial charge in [0.05, 0.1) is 5.69 Å². The van der Waals surface area contributed by atoms with Crippen molar-refractivity contribution in [3.8, 4) is 5.75 Å². The van der Waals surface area contributed by atoms with E-state index in [4.69, 9.17) is 5.73 Å². The molecule has 1 aromatic carbocycles. The fraction of sp³-hybridized carbons (Fsp3) is 0.0833. The van der Waals surface area contributed by atoms with Crippen molar-refractivity contribution in [2.75, 3.05) is 11.1 Å². The molecule has 0 saturated carbocycles. The van der Waals surface area contributed by atoms with Gasteiger partial charge in [0.2, 0.25) is 0 Å². The number of para-hydroxylation sites is 2. The molecule has 0 saturated heterocycles. The molecule has 0 spiro atoms. The van der Waals surface area contributed by atoms with Gasteiger partial charge in [-0.3, -0.25) is 0 Å². The Morgan fingerprint density at radius 1 is 1.25 bits per heavy atom. The summed E-state index contributed by atoms with van der Waals surface area (Å²) in [7, 11) is 0. The van der Waals surface area contributed by atoms with Gasteiger partial charge < -0.3 is 16.2 Å². The van der Waals surface area contributed by atoms with E-state index in [1.54, 1.807) is 24.4 Å². The van der Waals surface area contributed by atoms with Crippen LogP contribution in [-0.4, -0.2) is 10.1 Å². The third-order valence-electron chi connectivity index (χ3n) is 2.23. The number of pyridine rings is 1. The van der Waals surface area contributed by atoms with Crippen molar-refractivity contribution in [3.05, 3.63) is 48.2 Å². The molecular weight excluding hydrogens is 202 g/mol. The van der Waals surface area contributed by atoms with Crippen LogP contribution >= 0.6 is 0 Å². The first-order valence-corrected chi connectivity index (χ1v) is 4.98. The quantitative estimate of drug-likeness (QED) is 0.685. The Kier molecular flexibility index (Phi) is 2.91. The second-order valence-corrected chi connectivity index (χ2v) is 3.46. The summed E-state index contributed by atoms with van der Waals surface area (Å²) in [6.07, 6.45) is 1.66. The molecule has 0 bridgehead atoms. The average Bonchev–Trinajstić information content (AvgIpc) is 2.28.